The van der Waals surface area contributed by atoms with Gasteiger partial charge in [-0.05, 0) is 55.5 Å². The van der Waals surface area contributed by atoms with Gasteiger partial charge < -0.3 is 9.64 Å². The van der Waals surface area contributed by atoms with Gasteiger partial charge in [-0.3, -0.25) is 14.7 Å². The van der Waals surface area contributed by atoms with Gasteiger partial charge in [-0.15, -0.1) is 11.3 Å². The molecule has 31 heavy (non-hydrogen) atoms. The zero-order chi connectivity index (χ0) is 21.8. The number of thiophene rings is 1. The molecule has 1 saturated heterocycles. The van der Waals surface area contributed by atoms with E-state index in [4.69, 9.17) is 4.74 Å². The van der Waals surface area contributed by atoms with Crippen LogP contribution >= 0.6 is 11.3 Å². The molecule has 1 aliphatic rings. The van der Waals surface area contributed by atoms with Gasteiger partial charge in [-0.1, -0.05) is 23.8 Å². The van der Waals surface area contributed by atoms with Crippen LogP contribution in [0.5, 0.6) is 5.75 Å². The highest BCUT2D eigenvalue weighted by atomic mass is 32.1. The van der Waals surface area contributed by atoms with Crippen molar-refractivity contribution in [2.45, 2.75) is 33.9 Å². The minimum absolute atomic E-state index is 0.122. The number of amides is 1. The highest BCUT2D eigenvalue weighted by molar-refractivity contribution is 7.12. The number of carbonyl (C=O) groups excluding carboxylic acids is 1. The van der Waals surface area contributed by atoms with E-state index in [1.54, 1.807) is 0 Å². The molecule has 0 saturated carbocycles. The molecule has 0 bridgehead atoms. The third-order valence-corrected chi connectivity index (χ3v) is 6.59. The topological polar surface area (TPSA) is 45.7 Å². The van der Waals surface area contributed by atoms with Crippen molar-refractivity contribution in [1.29, 1.82) is 0 Å². The molecular weight excluding hydrogens is 406 g/mol. The SMILES string of the molecule is Cc1cc(C)c(OCc2csc(C(=O)N3CCN(Cc4ccccn4)CC3)c2)c(C)c1. The molecule has 3 heterocycles. The number of pyridine rings is 1. The zero-order valence-corrected chi connectivity index (χ0v) is 19.2. The molecule has 0 spiro atoms. The average molecular weight is 436 g/mol. The lowest BCUT2D eigenvalue weighted by atomic mass is 10.1. The second-order valence-corrected chi connectivity index (χ2v) is 9.14. The number of piperazine rings is 1. The van der Waals surface area contributed by atoms with Crippen molar-refractivity contribution >= 4 is 17.2 Å². The summed E-state index contributed by atoms with van der Waals surface area (Å²) < 4.78 is 6.09. The Labute approximate surface area is 188 Å². The molecule has 1 aliphatic heterocycles. The molecular formula is C25H29N3O2S. The van der Waals surface area contributed by atoms with Crippen molar-refractivity contribution in [3.63, 3.8) is 0 Å². The fourth-order valence-electron chi connectivity index (χ4n) is 4.10. The van der Waals surface area contributed by atoms with Crippen LogP contribution in [0.25, 0.3) is 0 Å². The zero-order valence-electron chi connectivity index (χ0n) is 18.4. The van der Waals surface area contributed by atoms with Gasteiger partial charge in [0, 0.05) is 44.5 Å². The lowest BCUT2D eigenvalue weighted by Gasteiger charge is -2.34. The number of hydrogen-bond donors (Lipinski definition) is 0. The monoisotopic (exact) mass is 435 g/mol. The van der Waals surface area contributed by atoms with Crippen LogP contribution in [0.2, 0.25) is 0 Å². The van der Waals surface area contributed by atoms with Gasteiger partial charge in [0.15, 0.2) is 0 Å². The molecule has 0 unspecified atom stereocenters. The number of rotatable bonds is 6. The van der Waals surface area contributed by atoms with Gasteiger partial charge in [-0.25, -0.2) is 0 Å². The van der Waals surface area contributed by atoms with Crippen molar-refractivity contribution in [3.8, 4) is 5.75 Å². The second kappa shape index (κ2) is 9.62. The summed E-state index contributed by atoms with van der Waals surface area (Å²) in [6, 6.07) is 12.3. The minimum atomic E-state index is 0.122. The molecule has 0 radical (unpaired) electrons. The number of aromatic nitrogens is 1. The minimum Gasteiger partial charge on any atom is -0.488 e. The molecule has 0 atom stereocenters. The quantitative estimate of drug-likeness (QED) is 0.567. The first kappa shape index (κ1) is 21.5. The summed E-state index contributed by atoms with van der Waals surface area (Å²) in [5, 5.41) is 2.03. The number of hydrogen-bond acceptors (Lipinski definition) is 5. The van der Waals surface area contributed by atoms with Crippen LogP contribution in [-0.4, -0.2) is 46.9 Å². The Bertz CT molecular complexity index is 1020. The van der Waals surface area contributed by atoms with Crippen LogP contribution in [0, 0.1) is 20.8 Å². The lowest BCUT2D eigenvalue weighted by molar-refractivity contribution is 0.0631. The summed E-state index contributed by atoms with van der Waals surface area (Å²) in [6.45, 7) is 10.8. The van der Waals surface area contributed by atoms with Crippen molar-refractivity contribution < 1.29 is 9.53 Å². The summed E-state index contributed by atoms with van der Waals surface area (Å²) in [6.07, 6.45) is 1.83. The molecule has 3 aromatic rings. The normalized spacial score (nSPS) is 14.6. The first-order valence-electron chi connectivity index (χ1n) is 10.7. The van der Waals surface area contributed by atoms with Gasteiger partial charge in [0.05, 0.1) is 10.6 Å². The molecule has 162 valence electrons. The van der Waals surface area contributed by atoms with Crippen molar-refractivity contribution in [2.24, 2.45) is 0 Å². The van der Waals surface area contributed by atoms with Gasteiger partial charge in [-0.2, -0.15) is 0 Å². The number of benzene rings is 1. The number of ether oxygens (including phenoxy) is 1. The van der Waals surface area contributed by atoms with Gasteiger partial charge in [0.1, 0.15) is 12.4 Å². The Balaban J connectivity index is 1.31. The molecule has 5 nitrogen and oxygen atoms in total. The summed E-state index contributed by atoms with van der Waals surface area (Å²) in [4.78, 5) is 22.5. The summed E-state index contributed by atoms with van der Waals surface area (Å²) in [5.41, 5.74) is 5.65. The maximum Gasteiger partial charge on any atom is 0.264 e. The van der Waals surface area contributed by atoms with E-state index in [2.05, 4.69) is 42.8 Å². The average Bonchev–Trinajstić information content (AvgIpc) is 3.23. The Morgan fingerprint density at radius 2 is 1.81 bits per heavy atom. The Hall–Kier alpha value is -2.70. The maximum absolute atomic E-state index is 13.0. The third kappa shape index (κ3) is 5.32. The fraction of sp³-hybridized carbons (Fsp3) is 0.360. The molecule has 1 amide bonds. The Morgan fingerprint density at radius 3 is 2.48 bits per heavy atom. The van der Waals surface area contributed by atoms with E-state index in [1.807, 2.05) is 40.7 Å². The first-order valence-corrected chi connectivity index (χ1v) is 11.6. The summed E-state index contributed by atoms with van der Waals surface area (Å²) in [7, 11) is 0. The molecule has 4 rings (SSSR count). The molecule has 1 fully saturated rings. The fourth-order valence-corrected chi connectivity index (χ4v) is 4.96. The molecule has 2 aromatic heterocycles. The van der Waals surface area contributed by atoms with Crippen LogP contribution in [-0.2, 0) is 13.2 Å². The van der Waals surface area contributed by atoms with E-state index in [9.17, 15) is 4.79 Å². The predicted octanol–water partition coefficient (Wildman–Crippen LogP) is 4.61. The smallest absolute Gasteiger partial charge is 0.264 e. The van der Waals surface area contributed by atoms with Crippen LogP contribution < -0.4 is 4.74 Å². The predicted molar refractivity (Wildman–Crippen MR) is 125 cm³/mol. The Morgan fingerprint density at radius 1 is 1.06 bits per heavy atom. The summed E-state index contributed by atoms with van der Waals surface area (Å²) in [5.74, 6) is 1.06. The van der Waals surface area contributed by atoms with Crippen molar-refractivity contribution in [1.82, 2.24) is 14.8 Å². The van der Waals surface area contributed by atoms with E-state index in [0.717, 1.165) is 65.7 Å². The van der Waals surface area contributed by atoms with E-state index < -0.39 is 0 Å². The molecule has 6 heteroatoms. The third-order valence-electron chi connectivity index (χ3n) is 5.62. The lowest BCUT2D eigenvalue weighted by Crippen LogP contribution is -2.48. The van der Waals surface area contributed by atoms with E-state index >= 15 is 0 Å². The highest BCUT2D eigenvalue weighted by Gasteiger charge is 2.23. The van der Waals surface area contributed by atoms with E-state index in [1.165, 1.54) is 16.9 Å². The summed E-state index contributed by atoms with van der Waals surface area (Å²) >= 11 is 1.51. The van der Waals surface area contributed by atoms with Crippen LogP contribution in [0.1, 0.15) is 37.6 Å². The van der Waals surface area contributed by atoms with Crippen molar-refractivity contribution in [2.75, 3.05) is 26.2 Å². The second-order valence-electron chi connectivity index (χ2n) is 8.23. The van der Waals surface area contributed by atoms with Crippen molar-refractivity contribution in [3.05, 3.63) is 80.8 Å². The molecule has 1 aromatic carbocycles. The first-order chi connectivity index (χ1) is 15.0. The van der Waals surface area contributed by atoms with Gasteiger partial charge >= 0.3 is 0 Å². The maximum atomic E-state index is 13.0. The number of nitrogens with zero attached hydrogens (tertiary/aromatic N) is 3. The molecule has 0 N–H and O–H groups in total. The number of aryl methyl sites for hydroxylation is 3. The van der Waals surface area contributed by atoms with E-state index in [0.29, 0.717) is 6.61 Å². The highest BCUT2D eigenvalue weighted by Crippen LogP contribution is 2.26. The molecule has 0 aliphatic carbocycles. The van der Waals surface area contributed by atoms with Crippen LogP contribution in [0.3, 0.4) is 0 Å². The van der Waals surface area contributed by atoms with E-state index in [-0.39, 0.29) is 5.91 Å². The van der Waals surface area contributed by atoms with Gasteiger partial charge in [0.25, 0.3) is 5.91 Å². The standard InChI is InChI=1S/C25H29N3O2S/c1-18-12-19(2)24(20(3)13-18)30-16-21-14-23(31-17-21)25(29)28-10-8-27(9-11-28)15-22-6-4-5-7-26-22/h4-7,12-14,17H,8-11,15-16H2,1-3H3. The largest absolute Gasteiger partial charge is 0.488 e. The van der Waals surface area contributed by atoms with Crippen LogP contribution in [0.4, 0.5) is 0 Å². The Kier molecular flexibility index (Phi) is 6.68. The van der Waals surface area contributed by atoms with Crippen LogP contribution in [0.15, 0.2) is 48.0 Å². The van der Waals surface area contributed by atoms with Gasteiger partial charge in [0.2, 0.25) is 0 Å². The number of carbonyl (C=O) groups is 1.